The fraction of sp³-hybridized carbons (Fsp3) is 0.500. The zero-order valence-corrected chi connectivity index (χ0v) is 4.59. The molecule has 0 aliphatic carbocycles. The fourth-order valence-corrected chi connectivity index (χ4v) is 0.678. The second-order valence-corrected chi connectivity index (χ2v) is 1.71. The highest BCUT2D eigenvalue weighted by atomic mass is 16.5. The monoisotopic (exact) mass is 129 g/mol. The number of imide groups is 1. The van der Waals surface area contributed by atoms with Crippen molar-refractivity contribution in [2.75, 3.05) is 0 Å². The van der Waals surface area contributed by atoms with Crippen molar-refractivity contribution in [3.63, 3.8) is 0 Å². The second-order valence-electron chi connectivity index (χ2n) is 1.71. The zero-order valence-electron chi connectivity index (χ0n) is 4.59. The van der Waals surface area contributed by atoms with Crippen LogP contribution >= 0.6 is 0 Å². The molecule has 1 rings (SSSR count). The van der Waals surface area contributed by atoms with Crippen molar-refractivity contribution >= 4 is 11.8 Å². The van der Waals surface area contributed by atoms with E-state index in [9.17, 15) is 14.8 Å². The molecule has 5 heteroatoms. The third-order valence-corrected chi connectivity index (χ3v) is 1.14. The first-order valence-corrected chi connectivity index (χ1v) is 2.49. The van der Waals surface area contributed by atoms with Crippen LogP contribution in [0.2, 0.25) is 0 Å². The highest BCUT2D eigenvalue weighted by molar-refractivity contribution is 6.01. The van der Waals surface area contributed by atoms with E-state index in [0.717, 1.165) is 0 Å². The zero-order chi connectivity index (χ0) is 6.85. The van der Waals surface area contributed by atoms with E-state index < -0.39 is 11.8 Å². The molecular formula is C4H5N2O3. The number of rotatable bonds is 1. The lowest BCUT2D eigenvalue weighted by atomic mass is 10.4. The van der Waals surface area contributed by atoms with Crippen molar-refractivity contribution < 1.29 is 14.8 Å². The lowest BCUT2D eigenvalue weighted by molar-refractivity contribution is -0.158. The molecule has 0 unspecified atom stereocenters. The quantitative estimate of drug-likeness (QED) is 0.364. The van der Waals surface area contributed by atoms with Crippen molar-refractivity contribution in [2.45, 2.75) is 12.8 Å². The maximum Gasteiger partial charge on any atom is 0.246 e. The van der Waals surface area contributed by atoms with Gasteiger partial charge in [0, 0.05) is 12.8 Å². The summed E-state index contributed by atoms with van der Waals surface area (Å²) >= 11 is 0. The predicted molar refractivity (Wildman–Crippen MR) is 24.9 cm³/mol. The van der Waals surface area contributed by atoms with Gasteiger partial charge in [-0.05, 0) is 0 Å². The fourth-order valence-electron chi connectivity index (χ4n) is 0.678. The van der Waals surface area contributed by atoms with Crippen LogP contribution in [0, 0.1) is 0 Å². The van der Waals surface area contributed by atoms with Crippen molar-refractivity contribution in [1.82, 2.24) is 10.6 Å². The average molecular weight is 129 g/mol. The molecule has 0 saturated carbocycles. The SMILES string of the molecule is [O]NN1C(=O)CCC1=O. The summed E-state index contributed by atoms with van der Waals surface area (Å²) in [7, 11) is 0. The summed E-state index contributed by atoms with van der Waals surface area (Å²) in [6.07, 6.45) is 0.294. The lowest BCUT2D eigenvalue weighted by Gasteiger charge is -2.05. The molecular weight excluding hydrogens is 124 g/mol. The Balaban J connectivity index is 2.66. The Morgan fingerprint density at radius 3 is 1.89 bits per heavy atom. The Kier molecular flexibility index (Phi) is 1.46. The first-order valence-electron chi connectivity index (χ1n) is 2.49. The standard InChI is InChI=1S/C4H5N2O3/c7-3-1-2-4(8)6(3)5-9/h5H,1-2H2. The number of carbonyl (C=O) groups excluding carboxylic acids is 2. The Bertz CT molecular complexity index is 140. The average Bonchev–Trinajstić information content (AvgIpc) is 2.12. The molecule has 9 heavy (non-hydrogen) atoms. The van der Waals surface area contributed by atoms with E-state index in [4.69, 9.17) is 0 Å². The molecule has 1 radical (unpaired) electrons. The highest BCUT2D eigenvalue weighted by Crippen LogP contribution is 2.07. The summed E-state index contributed by atoms with van der Waals surface area (Å²) < 4.78 is 0. The van der Waals surface area contributed by atoms with Crippen LogP contribution in [-0.4, -0.2) is 16.8 Å². The van der Waals surface area contributed by atoms with E-state index in [1.165, 1.54) is 5.59 Å². The van der Waals surface area contributed by atoms with Gasteiger partial charge in [-0.3, -0.25) is 9.59 Å². The van der Waals surface area contributed by atoms with Gasteiger partial charge in [-0.25, -0.2) is 0 Å². The van der Waals surface area contributed by atoms with Crippen molar-refractivity contribution in [3.05, 3.63) is 0 Å². The summed E-state index contributed by atoms with van der Waals surface area (Å²) in [5, 5.41) is 10.3. The number of hydrogen-bond acceptors (Lipinski definition) is 3. The van der Waals surface area contributed by atoms with Gasteiger partial charge in [0.15, 0.2) is 0 Å². The Morgan fingerprint density at radius 1 is 1.22 bits per heavy atom. The molecule has 1 N–H and O–H groups in total. The summed E-state index contributed by atoms with van der Waals surface area (Å²) in [6, 6.07) is 0. The number of amides is 2. The molecule has 2 amide bonds. The molecule has 0 aromatic carbocycles. The summed E-state index contributed by atoms with van der Waals surface area (Å²) in [5.41, 5.74) is 1.25. The molecule has 1 aliphatic rings. The molecule has 0 bridgehead atoms. The third-order valence-electron chi connectivity index (χ3n) is 1.14. The van der Waals surface area contributed by atoms with E-state index in [1.807, 2.05) is 0 Å². The molecule has 1 heterocycles. The minimum atomic E-state index is -0.449. The van der Waals surface area contributed by atoms with Gasteiger partial charge in [0.1, 0.15) is 0 Å². The van der Waals surface area contributed by atoms with Gasteiger partial charge in [0.2, 0.25) is 11.8 Å². The normalized spacial score (nSPS) is 19.4. The number of nitrogens with one attached hydrogen (secondary N) is 1. The van der Waals surface area contributed by atoms with Crippen LogP contribution in [0.4, 0.5) is 0 Å². The second kappa shape index (κ2) is 2.12. The molecule has 0 aromatic rings. The van der Waals surface area contributed by atoms with E-state index in [1.54, 1.807) is 0 Å². The van der Waals surface area contributed by atoms with Crippen molar-refractivity contribution in [3.8, 4) is 0 Å². The van der Waals surface area contributed by atoms with E-state index in [-0.39, 0.29) is 12.8 Å². The van der Waals surface area contributed by atoms with Crippen LogP contribution in [0.3, 0.4) is 0 Å². The van der Waals surface area contributed by atoms with Gasteiger partial charge in [-0.1, -0.05) is 5.59 Å². The van der Waals surface area contributed by atoms with Crippen LogP contribution in [0.25, 0.3) is 0 Å². The maximum atomic E-state index is 10.5. The van der Waals surface area contributed by atoms with Crippen molar-refractivity contribution in [1.29, 1.82) is 0 Å². The summed E-state index contributed by atoms with van der Waals surface area (Å²) in [6.45, 7) is 0. The van der Waals surface area contributed by atoms with Crippen LogP contribution in [-0.2, 0) is 14.8 Å². The van der Waals surface area contributed by atoms with Crippen LogP contribution in [0.1, 0.15) is 12.8 Å². The Labute approximate surface area is 51.2 Å². The number of hydrazine groups is 1. The van der Waals surface area contributed by atoms with Gasteiger partial charge in [-0.2, -0.15) is 5.01 Å². The minimum Gasteiger partial charge on any atom is -0.273 e. The summed E-state index contributed by atoms with van der Waals surface area (Å²) in [4.78, 5) is 20.9. The van der Waals surface area contributed by atoms with Gasteiger partial charge < -0.3 is 0 Å². The van der Waals surface area contributed by atoms with E-state index >= 15 is 0 Å². The van der Waals surface area contributed by atoms with Crippen molar-refractivity contribution in [2.24, 2.45) is 0 Å². The Hall–Kier alpha value is -0.940. The molecule has 1 saturated heterocycles. The topological polar surface area (TPSA) is 69.3 Å². The molecule has 49 valence electrons. The Morgan fingerprint density at radius 2 is 1.67 bits per heavy atom. The maximum absolute atomic E-state index is 10.5. The number of nitrogens with zero attached hydrogens (tertiary/aromatic N) is 1. The van der Waals surface area contributed by atoms with Crippen LogP contribution < -0.4 is 5.59 Å². The van der Waals surface area contributed by atoms with E-state index in [2.05, 4.69) is 0 Å². The first-order chi connectivity index (χ1) is 4.25. The molecule has 5 nitrogen and oxygen atoms in total. The molecule has 1 fully saturated rings. The third kappa shape index (κ3) is 0.914. The van der Waals surface area contributed by atoms with Gasteiger partial charge in [0.05, 0.1) is 0 Å². The van der Waals surface area contributed by atoms with Crippen LogP contribution in [0.5, 0.6) is 0 Å². The first kappa shape index (κ1) is 6.18. The lowest BCUT2D eigenvalue weighted by Crippen LogP contribution is -2.38. The molecule has 0 aromatic heterocycles. The largest absolute Gasteiger partial charge is 0.273 e. The van der Waals surface area contributed by atoms with Gasteiger partial charge >= 0.3 is 0 Å². The molecule has 0 atom stereocenters. The molecule has 1 aliphatic heterocycles. The minimum absolute atomic E-state index is 0.147. The number of carbonyl (C=O) groups is 2. The predicted octanol–water partition coefficient (Wildman–Crippen LogP) is -1.01. The number of hydrogen-bond donors (Lipinski definition) is 1. The summed E-state index contributed by atoms with van der Waals surface area (Å²) in [5.74, 6) is -0.898. The molecule has 0 spiro atoms. The smallest absolute Gasteiger partial charge is 0.246 e. The van der Waals surface area contributed by atoms with Gasteiger partial charge in [0.25, 0.3) is 0 Å². The van der Waals surface area contributed by atoms with E-state index in [0.29, 0.717) is 5.01 Å². The van der Waals surface area contributed by atoms with Crippen LogP contribution in [0.15, 0.2) is 0 Å². The van der Waals surface area contributed by atoms with Gasteiger partial charge in [-0.15, -0.1) is 5.21 Å². The highest BCUT2D eigenvalue weighted by Gasteiger charge is 2.28.